The number of benzene rings is 2. The van der Waals surface area contributed by atoms with E-state index in [1.54, 1.807) is 35.9 Å². The number of hydrogen-bond acceptors (Lipinski definition) is 4. The van der Waals surface area contributed by atoms with Gasteiger partial charge in [0, 0.05) is 6.20 Å². The van der Waals surface area contributed by atoms with Crippen molar-refractivity contribution in [2.45, 2.75) is 6.92 Å². The molecule has 0 radical (unpaired) electrons. The number of nitrogens with one attached hydrogen (secondary N) is 1. The highest BCUT2D eigenvalue weighted by molar-refractivity contribution is 6.30. The fourth-order valence-corrected chi connectivity index (χ4v) is 3.07. The highest BCUT2D eigenvalue weighted by Crippen LogP contribution is 2.21. The molecule has 144 valence electrons. The second kappa shape index (κ2) is 8.16. The Morgan fingerprint density at radius 2 is 1.90 bits per heavy atom. The number of hydrazone groups is 1. The molecule has 1 N–H and O–H groups in total. The molecule has 2 heterocycles. The van der Waals surface area contributed by atoms with Gasteiger partial charge in [-0.1, -0.05) is 41.9 Å². The van der Waals surface area contributed by atoms with Crippen LogP contribution in [0.2, 0.25) is 5.02 Å². The molecular formula is C22H17ClN4O2. The van der Waals surface area contributed by atoms with Gasteiger partial charge < -0.3 is 4.74 Å². The van der Waals surface area contributed by atoms with Crippen LogP contribution in [0.5, 0.6) is 11.5 Å². The van der Waals surface area contributed by atoms with Crippen molar-refractivity contribution in [3.63, 3.8) is 0 Å². The van der Waals surface area contributed by atoms with E-state index in [2.05, 4.69) is 15.5 Å². The van der Waals surface area contributed by atoms with Gasteiger partial charge in [-0.25, -0.2) is 10.4 Å². The number of carbonyl (C=O) groups excluding carboxylic acids is 1. The van der Waals surface area contributed by atoms with Crippen molar-refractivity contribution in [2.24, 2.45) is 5.10 Å². The number of imidazole rings is 1. The van der Waals surface area contributed by atoms with Gasteiger partial charge in [0.25, 0.3) is 5.91 Å². The Morgan fingerprint density at radius 1 is 1.10 bits per heavy atom. The molecule has 0 saturated carbocycles. The summed E-state index contributed by atoms with van der Waals surface area (Å²) in [6.07, 6.45) is 3.21. The number of aryl methyl sites for hydroxylation is 1. The lowest BCUT2D eigenvalue weighted by molar-refractivity contribution is 0.0948. The van der Waals surface area contributed by atoms with Crippen LogP contribution in [-0.2, 0) is 0 Å². The SMILES string of the molecule is Cc1nc2ccc(Cl)cn2c1C(=O)N/N=C\c1cccc(Oc2ccccc2)c1. The summed E-state index contributed by atoms with van der Waals surface area (Å²) in [6, 6.07) is 20.4. The number of nitrogens with zero attached hydrogens (tertiary/aromatic N) is 3. The zero-order valence-electron chi connectivity index (χ0n) is 15.5. The van der Waals surface area contributed by atoms with Gasteiger partial charge in [-0.15, -0.1) is 0 Å². The highest BCUT2D eigenvalue weighted by Gasteiger charge is 2.16. The molecule has 0 spiro atoms. The lowest BCUT2D eigenvalue weighted by Crippen LogP contribution is -2.20. The van der Waals surface area contributed by atoms with Gasteiger partial charge >= 0.3 is 0 Å². The lowest BCUT2D eigenvalue weighted by Gasteiger charge is -2.06. The Bertz CT molecular complexity index is 1200. The van der Waals surface area contributed by atoms with Gasteiger partial charge in [-0.2, -0.15) is 5.10 Å². The summed E-state index contributed by atoms with van der Waals surface area (Å²) in [5.74, 6) is 1.06. The van der Waals surface area contributed by atoms with E-state index >= 15 is 0 Å². The molecule has 0 saturated heterocycles. The second-order valence-electron chi connectivity index (χ2n) is 6.31. The van der Waals surface area contributed by atoms with Crippen LogP contribution in [0.3, 0.4) is 0 Å². The fraction of sp³-hybridized carbons (Fsp3) is 0.0455. The van der Waals surface area contributed by atoms with Gasteiger partial charge in [-0.05, 0) is 48.9 Å². The first-order valence-corrected chi connectivity index (χ1v) is 9.28. The Morgan fingerprint density at radius 3 is 2.72 bits per heavy atom. The molecule has 0 unspecified atom stereocenters. The molecular weight excluding hydrogens is 388 g/mol. The van der Waals surface area contributed by atoms with Gasteiger partial charge in [0.15, 0.2) is 0 Å². The fourth-order valence-electron chi connectivity index (χ4n) is 2.91. The van der Waals surface area contributed by atoms with Gasteiger partial charge in [0.05, 0.1) is 16.9 Å². The van der Waals surface area contributed by atoms with E-state index in [-0.39, 0.29) is 5.91 Å². The molecule has 7 heteroatoms. The van der Waals surface area contributed by atoms with E-state index in [9.17, 15) is 4.79 Å². The van der Waals surface area contributed by atoms with Crippen LogP contribution in [0.4, 0.5) is 0 Å². The summed E-state index contributed by atoms with van der Waals surface area (Å²) >= 11 is 6.04. The van der Waals surface area contributed by atoms with Crippen LogP contribution in [0.25, 0.3) is 5.65 Å². The number of ether oxygens (including phenoxy) is 1. The summed E-state index contributed by atoms with van der Waals surface area (Å²) in [7, 11) is 0. The summed E-state index contributed by atoms with van der Waals surface area (Å²) in [4.78, 5) is 17.0. The molecule has 0 aliphatic heterocycles. The smallest absolute Gasteiger partial charge is 0.290 e. The lowest BCUT2D eigenvalue weighted by atomic mass is 10.2. The predicted molar refractivity (Wildman–Crippen MR) is 113 cm³/mol. The van der Waals surface area contributed by atoms with Crippen molar-refractivity contribution in [1.82, 2.24) is 14.8 Å². The normalized spacial score (nSPS) is 11.1. The van der Waals surface area contributed by atoms with E-state index in [4.69, 9.17) is 16.3 Å². The van der Waals surface area contributed by atoms with Crippen molar-refractivity contribution in [1.29, 1.82) is 0 Å². The summed E-state index contributed by atoms with van der Waals surface area (Å²) in [5.41, 5.74) is 4.96. The molecule has 4 aromatic rings. The van der Waals surface area contributed by atoms with E-state index in [0.717, 1.165) is 11.3 Å². The van der Waals surface area contributed by atoms with Crippen molar-refractivity contribution >= 4 is 29.4 Å². The minimum Gasteiger partial charge on any atom is -0.457 e. The van der Waals surface area contributed by atoms with Crippen LogP contribution >= 0.6 is 11.6 Å². The molecule has 2 aromatic carbocycles. The van der Waals surface area contributed by atoms with Crippen molar-refractivity contribution in [2.75, 3.05) is 0 Å². The monoisotopic (exact) mass is 404 g/mol. The molecule has 0 aliphatic rings. The molecule has 0 fully saturated rings. The van der Waals surface area contributed by atoms with E-state index in [1.807, 2.05) is 54.6 Å². The number of para-hydroxylation sites is 1. The van der Waals surface area contributed by atoms with Crippen LogP contribution in [0, 0.1) is 6.92 Å². The third-order valence-corrected chi connectivity index (χ3v) is 4.41. The predicted octanol–water partition coefficient (Wildman–Crippen LogP) is 4.85. The zero-order chi connectivity index (χ0) is 20.2. The van der Waals surface area contributed by atoms with Gasteiger partial charge in [-0.3, -0.25) is 9.20 Å². The minimum atomic E-state index is -0.370. The third-order valence-electron chi connectivity index (χ3n) is 4.19. The number of carbonyl (C=O) groups is 1. The zero-order valence-corrected chi connectivity index (χ0v) is 16.3. The molecule has 6 nitrogen and oxygen atoms in total. The molecule has 0 bridgehead atoms. The Labute approximate surface area is 172 Å². The maximum Gasteiger partial charge on any atom is 0.290 e. The van der Waals surface area contributed by atoms with E-state index < -0.39 is 0 Å². The Kier molecular flexibility index (Phi) is 5.27. The highest BCUT2D eigenvalue weighted by atomic mass is 35.5. The summed E-state index contributed by atoms with van der Waals surface area (Å²) in [5, 5.41) is 4.58. The van der Waals surface area contributed by atoms with Crippen LogP contribution in [-0.4, -0.2) is 21.5 Å². The third kappa shape index (κ3) is 4.28. The first-order valence-electron chi connectivity index (χ1n) is 8.91. The van der Waals surface area contributed by atoms with E-state index in [0.29, 0.717) is 27.8 Å². The number of hydrogen-bond donors (Lipinski definition) is 1. The average molecular weight is 405 g/mol. The number of amides is 1. The van der Waals surface area contributed by atoms with Crippen molar-refractivity contribution in [3.8, 4) is 11.5 Å². The first-order chi connectivity index (χ1) is 14.1. The largest absolute Gasteiger partial charge is 0.457 e. The number of halogens is 1. The quantitative estimate of drug-likeness (QED) is 0.382. The van der Waals surface area contributed by atoms with Crippen LogP contribution in [0.15, 0.2) is 78.0 Å². The number of fused-ring (bicyclic) bond motifs is 1. The van der Waals surface area contributed by atoms with Crippen molar-refractivity contribution in [3.05, 3.63) is 94.9 Å². The molecule has 0 aliphatic carbocycles. The number of pyridine rings is 1. The van der Waals surface area contributed by atoms with Crippen LogP contribution in [0.1, 0.15) is 21.7 Å². The van der Waals surface area contributed by atoms with E-state index in [1.165, 1.54) is 0 Å². The number of aromatic nitrogens is 2. The standard InChI is InChI=1S/C22H17ClN4O2/c1-15-21(27-14-17(23)10-11-20(27)25-15)22(28)26-24-13-16-6-5-9-19(12-16)29-18-7-3-2-4-8-18/h2-14H,1H3,(H,26,28)/b24-13-. The van der Waals surface area contributed by atoms with Gasteiger partial charge in [0.1, 0.15) is 22.8 Å². The topological polar surface area (TPSA) is 68.0 Å². The maximum absolute atomic E-state index is 12.6. The summed E-state index contributed by atoms with van der Waals surface area (Å²) < 4.78 is 7.46. The summed E-state index contributed by atoms with van der Waals surface area (Å²) in [6.45, 7) is 1.77. The second-order valence-corrected chi connectivity index (χ2v) is 6.74. The maximum atomic E-state index is 12.6. The Hall–Kier alpha value is -3.64. The minimum absolute atomic E-state index is 0.370. The average Bonchev–Trinajstić information content (AvgIpc) is 3.04. The molecule has 4 rings (SSSR count). The molecule has 29 heavy (non-hydrogen) atoms. The van der Waals surface area contributed by atoms with Crippen LogP contribution < -0.4 is 10.2 Å². The van der Waals surface area contributed by atoms with Gasteiger partial charge in [0.2, 0.25) is 0 Å². The Balaban J connectivity index is 1.48. The molecule has 0 atom stereocenters. The first kappa shape index (κ1) is 18.7. The molecule has 2 aromatic heterocycles. The molecule has 1 amide bonds. The number of rotatable bonds is 5. The van der Waals surface area contributed by atoms with Crippen molar-refractivity contribution < 1.29 is 9.53 Å².